The van der Waals surface area contributed by atoms with Crippen LogP contribution in [0, 0.1) is 5.92 Å². The molecule has 8 nitrogen and oxygen atoms in total. The minimum atomic E-state index is -1.17. The van der Waals surface area contributed by atoms with Gasteiger partial charge in [-0.2, -0.15) is 0 Å². The normalized spacial score (nSPS) is 17.6. The van der Waals surface area contributed by atoms with Gasteiger partial charge in [-0.1, -0.05) is 35.5 Å². The number of aromatic nitrogens is 1. The molecule has 0 spiro atoms. The van der Waals surface area contributed by atoms with E-state index in [1.54, 1.807) is 6.07 Å². The van der Waals surface area contributed by atoms with Crippen LogP contribution in [0.15, 0.2) is 40.9 Å². The van der Waals surface area contributed by atoms with Crippen LogP contribution in [0.5, 0.6) is 0 Å². The summed E-state index contributed by atoms with van der Waals surface area (Å²) in [5.41, 5.74) is 6.63. The Morgan fingerprint density at radius 3 is 2.62 bits per heavy atom. The highest BCUT2D eigenvalue weighted by Gasteiger charge is 2.26. The second kappa shape index (κ2) is 9.67. The van der Waals surface area contributed by atoms with Crippen LogP contribution in [0.25, 0.3) is 0 Å². The second-order valence-electron chi connectivity index (χ2n) is 7.68. The molecule has 2 heterocycles. The van der Waals surface area contributed by atoms with Gasteiger partial charge in [-0.05, 0) is 50.8 Å². The lowest BCUT2D eigenvalue weighted by Gasteiger charge is -2.31. The number of benzene rings is 1. The third kappa shape index (κ3) is 5.88. The Balaban J connectivity index is 1.48. The molecule has 1 aromatic heterocycles. The third-order valence-electron chi connectivity index (χ3n) is 5.32. The van der Waals surface area contributed by atoms with Crippen molar-refractivity contribution >= 4 is 11.8 Å². The molecule has 2 amide bonds. The zero-order chi connectivity index (χ0) is 20.8. The van der Waals surface area contributed by atoms with Gasteiger partial charge in [-0.3, -0.25) is 14.5 Å². The summed E-state index contributed by atoms with van der Waals surface area (Å²) in [5.74, 6) is -0.151. The van der Waals surface area contributed by atoms with Crippen LogP contribution in [0.4, 0.5) is 0 Å². The Kier molecular flexibility index (Phi) is 7.00. The lowest BCUT2D eigenvalue weighted by Crippen LogP contribution is -2.50. The SMILES string of the molecule is C[C@@H](O)[C@H](NC(=O)c1cc(CN2CCC(Cc3ccccc3)CC2)on1)C(N)=O. The van der Waals surface area contributed by atoms with Gasteiger partial charge in [-0.25, -0.2) is 0 Å². The maximum atomic E-state index is 12.2. The van der Waals surface area contributed by atoms with Gasteiger partial charge in [0.15, 0.2) is 11.5 Å². The first-order valence-electron chi connectivity index (χ1n) is 9.92. The van der Waals surface area contributed by atoms with E-state index in [2.05, 4.69) is 39.6 Å². The number of nitrogens with zero attached hydrogens (tertiary/aromatic N) is 2. The van der Waals surface area contributed by atoms with E-state index in [0.29, 0.717) is 18.2 Å². The Morgan fingerprint density at radius 2 is 2.00 bits per heavy atom. The largest absolute Gasteiger partial charge is 0.391 e. The highest BCUT2D eigenvalue weighted by atomic mass is 16.5. The maximum Gasteiger partial charge on any atom is 0.274 e. The van der Waals surface area contributed by atoms with Gasteiger partial charge in [0.1, 0.15) is 6.04 Å². The summed E-state index contributed by atoms with van der Waals surface area (Å²) in [6, 6.07) is 10.9. The van der Waals surface area contributed by atoms with Crippen LogP contribution in [0.1, 0.15) is 41.6 Å². The van der Waals surface area contributed by atoms with E-state index in [4.69, 9.17) is 10.3 Å². The molecule has 0 radical (unpaired) electrons. The van der Waals surface area contributed by atoms with Crippen molar-refractivity contribution in [3.8, 4) is 0 Å². The number of amides is 2. The number of rotatable bonds is 8. The lowest BCUT2D eigenvalue weighted by atomic mass is 9.90. The molecule has 0 aliphatic carbocycles. The number of nitrogens with two attached hydrogens (primary N) is 1. The standard InChI is InChI=1S/C21H28N4O4/c1-14(26)19(20(22)27)23-21(28)18-12-17(29-24-18)13-25-9-7-16(8-10-25)11-15-5-3-2-4-6-15/h2-6,12,14,16,19,26H,7-11,13H2,1H3,(H2,22,27)(H,23,28)/t14-,19+/m1/s1. The fourth-order valence-electron chi connectivity index (χ4n) is 3.66. The highest BCUT2D eigenvalue weighted by molar-refractivity contribution is 5.95. The van der Waals surface area contributed by atoms with E-state index < -0.39 is 24.0 Å². The van der Waals surface area contributed by atoms with Crippen molar-refractivity contribution in [2.24, 2.45) is 11.7 Å². The van der Waals surface area contributed by atoms with E-state index in [1.165, 1.54) is 12.5 Å². The minimum absolute atomic E-state index is 0.0610. The van der Waals surface area contributed by atoms with Gasteiger partial charge in [0, 0.05) is 6.07 Å². The summed E-state index contributed by atoms with van der Waals surface area (Å²) in [4.78, 5) is 25.8. The van der Waals surface area contributed by atoms with Crippen LogP contribution in [-0.4, -0.2) is 52.2 Å². The molecule has 1 aliphatic heterocycles. The first kappa shape index (κ1) is 21.0. The van der Waals surface area contributed by atoms with E-state index in [-0.39, 0.29) is 5.69 Å². The minimum Gasteiger partial charge on any atom is -0.391 e. The summed E-state index contributed by atoms with van der Waals surface area (Å²) < 4.78 is 5.28. The molecule has 1 saturated heterocycles. The van der Waals surface area contributed by atoms with Gasteiger partial charge in [0.05, 0.1) is 12.6 Å². The number of piperidine rings is 1. The topological polar surface area (TPSA) is 122 Å². The molecular weight excluding hydrogens is 372 g/mol. The van der Waals surface area contributed by atoms with Crippen LogP contribution in [0.3, 0.4) is 0 Å². The smallest absolute Gasteiger partial charge is 0.274 e. The average molecular weight is 400 g/mol. The number of likely N-dealkylation sites (tertiary alicyclic amines) is 1. The van der Waals surface area contributed by atoms with E-state index in [1.807, 2.05) is 6.07 Å². The zero-order valence-electron chi connectivity index (χ0n) is 16.6. The van der Waals surface area contributed by atoms with Gasteiger partial charge >= 0.3 is 0 Å². The van der Waals surface area contributed by atoms with Gasteiger partial charge < -0.3 is 20.7 Å². The van der Waals surface area contributed by atoms with Crippen LogP contribution < -0.4 is 11.1 Å². The number of nitrogens with one attached hydrogen (secondary N) is 1. The molecular formula is C21H28N4O4. The number of hydrogen-bond acceptors (Lipinski definition) is 6. The predicted molar refractivity (Wildman–Crippen MR) is 107 cm³/mol. The van der Waals surface area contributed by atoms with Crippen LogP contribution >= 0.6 is 0 Å². The number of primary amides is 1. The maximum absolute atomic E-state index is 12.2. The van der Waals surface area contributed by atoms with Gasteiger partial charge in [-0.15, -0.1) is 0 Å². The van der Waals surface area contributed by atoms with Crippen LogP contribution in [0.2, 0.25) is 0 Å². The van der Waals surface area contributed by atoms with E-state index >= 15 is 0 Å². The molecule has 8 heteroatoms. The van der Waals surface area contributed by atoms with Crippen molar-refractivity contribution in [1.82, 2.24) is 15.4 Å². The fraction of sp³-hybridized carbons (Fsp3) is 0.476. The molecule has 3 rings (SSSR count). The number of carbonyl (C=O) groups excluding carboxylic acids is 2. The fourth-order valence-corrected chi connectivity index (χ4v) is 3.66. The molecule has 29 heavy (non-hydrogen) atoms. The molecule has 2 atom stereocenters. The van der Waals surface area contributed by atoms with Crippen LogP contribution in [-0.2, 0) is 17.8 Å². The predicted octanol–water partition coefficient (Wildman–Crippen LogP) is 1.09. The Bertz CT molecular complexity index is 813. The molecule has 156 valence electrons. The molecule has 1 aliphatic rings. The Morgan fingerprint density at radius 1 is 1.31 bits per heavy atom. The number of aliphatic hydroxyl groups is 1. The molecule has 1 fully saturated rings. The summed E-state index contributed by atoms with van der Waals surface area (Å²) in [6.45, 7) is 3.89. The summed E-state index contributed by atoms with van der Waals surface area (Å²) >= 11 is 0. The molecule has 0 bridgehead atoms. The lowest BCUT2D eigenvalue weighted by molar-refractivity contribution is -0.122. The average Bonchev–Trinajstić information content (AvgIpc) is 3.16. The Hall–Kier alpha value is -2.71. The summed E-state index contributed by atoms with van der Waals surface area (Å²) in [5, 5.41) is 15.7. The molecule has 0 saturated carbocycles. The number of hydrogen-bond donors (Lipinski definition) is 3. The molecule has 4 N–H and O–H groups in total. The van der Waals surface area contributed by atoms with Gasteiger partial charge in [0.2, 0.25) is 5.91 Å². The molecule has 0 unspecified atom stereocenters. The van der Waals surface area contributed by atoms with Crippen molar-refractivity contribution in [2.75, 3.05) is 13.1 Å². The number of carbonyl (C=O) groups is 2. The highest BCUT2D eigenvalue weighted by Crippen LogP contribution is 2.23. The zero-order valence-corrected chi connectivity index (χ0v) is 16.6. The monoisotopic (exact) mass is 400 g/mol. The van der Waals surface area contributed by atoms with Crippen molar-refractivity contribution < 1.29 is 19.2 Å². The third-order valence-corrected chi connectivity index (χ3v) is 5.32. The molecule has 1 aromatic carbocycles. The van der Waals surface area contributed by atoms with E-state index in [0.717, 1.165) is 32.4 Å². The van der Waals surface area contributed by atoms with Crippen molar-refractivity contribution in [3.05, 3.63) is 53.4 Å². The summed E-state index contributed by atoms with van der Waals surface area (Å²) in [6.07, 6.45) is 2.24. The quantitative estimate of drug-likeness (QED) is 0.610. The Labute approximate surface area is 170 Å². The molecule has 2 aromatic rings. The van der Waals surface area contributed by atoms with Crippen molar-refractivity contribution in [2.45, 2.75) is 44.9 Å². The van der Waals surface area contributed by atoms with Crippen molar-refractivity contribution in [1.29, 1.82) is 0 Å². The van der Waals surface area contributed by atoms with E-state index in [9.17, 15) is 14.7 Å². The number of aliphatic hydroxyl groups excluding tert-OH is 1. The summed E-state index contributed by atoms with van der Waals surface area (Å²) in [7, 11) is 0. The second-order valence-corrected chi connectivity index (χ2v) is 7.68. The first-order valence-corrected chi connectivity index (χ1v) is 9.92. The van der Waals surface area contributed by atoms with Gasteiger partial charge in [0.25, 0.3) is 5.91 Å². The van der Waals surface area contributed by atoms with Crippen molar-refractivity contribution in [3.63, 3.8) is 0 Å². The first-order chi connectivity index (χ1) is 13.9.